The predicted octanol–water partition coefficient (Wildman–Crippen LogP) is 13.4. The number of imidazole rings is 1. The molecule has 0 spiro atoms. The minimum Gasteiger partial charge on any atom is -0.501 e. The van der Waals surface area contributed by atoms with Crippen LogP contribution in [0.2, 0.25) is 19.6 Å². The van der Waals surface area contributed by atoms with Crippen LogP contribution in [0.15, 0.2) is 132 Å². The molecule has 0 bridgehead atoms. The number of para-hydroxylation sites is 1. The van der Waals surface area contributed by atoms with Gasteiger partial charge in [-0.3, -0.25) is 4.98 Å². The first kappa shape index (κ1) is 41.7. The average molecular weight is 967 g/mol. The molecule has 0 amide bonds. The van der Waals surface area contributed by atoms with E-state index in [2.05, 4.69) is 156 Å². The van der Waals surface area contributed by atoms with Crippen LogP contribution < -0.4 is 5.19 Å². The molecule has 0 N–H and O–H groups in total. The second-order valence-corrected chi connectivity index (χ2v) is 21.9. The summed E-state index contributed by atoms with van der Waals surface area (Å²) < 4.78 is 8.75. The van der Waals surface area contributed by atoms with Crippen molar-refractivity contribution < 1.29 is 24.5 Å². The molecule has 0 aliphatic heterocycles. The Kier molecular flexibility index (Phi) is 12.0. The smallest absolute Gasteiger partial charge is 0.155 e. The number of rotatable bonds is 7. The zero-order valence-corrected chi connectivity index (χ0v) is 38.7. The van der Waals surface area contributed by atoms with Crippen molar-refractivity contribution >= 4 is 46.4 Å². The van der Waals surface area contributed by atoms with Crippen molar-refractivity contribution in [3.8, 4) is 39.5 Å². The Bertz CT molecular complexity index is 2880. The van der Waals surface area contributed by atoms with Gasteiger partial charge >= 0.3 is 0 Å². The molecule has 9 rings (SSSR count). The zero-order chi connectivity index (χ0) is 40.7. The van der Waals surface area contributed by atoms with E-state index in [-0.39, 0.29) is 31.9 Å². The third kappa shape index (κ3) is 8.12. The molecular weight excluding hydrogens is 917 g/mol. The number of pyridine rings is 2. The van der Waals surface area contributed by atoms with Gasteiger partial charge in [0.25, 0.3) is 0 Å². The van der Waals surface area contributed by atoms with Crippen LogP contribution in [0.3, 0.4) is 0 Å². The Morgan fingerprint density at radius 3 is 2.03 bits per heavy atom. The quantitative estimate of drug-likeness (QED) is 0.118. The van der Waals surface area contributed by atoms with E-state index in [4.69, 9.17) is 14.4 Å². The fourth-order valence-corrected chi connectivity index (χ4v) is 9.69. The summed E-state index contributed by atoms with van der Waals surface area (Å²) in [6.07, 6.45) is 3.94. The van der Waals surface area contributed by atoms with E-state index >= 15 is 0 Å². The van der Waals surface area contributed by atoms with E-state index in [9.17, 15) is 0 Å². The molecule has 59 heavy (non-hydrogen) atoms. The van der Waals surface area contributed by atoms with Crippen LogP contribution in [-0.2, 0) is 20.1 Å². The van der Waals surface area contributed by atoms with Crippen LogP contribution in [0.4, 0.5) is 0 Å². The number of fused-ring (bicyclic) bond motifs is 4. The zero-order valence-electron chi connectivity index (χ0n) is 35.3. The summed E-state index contributed by atoms with van der Waals surface area (Å²) in [5.41, 5.74) is 14.9. The first-order chi connectivity index (χ1) is 27.9. The molecule has 4 heterocycles. The second-order valence-electron chi connectivity index (χ2n) is 16.9. The van der Waals surface area contributed by atoms with E-state index in [1.807, 2.05) is 54.7 Å². The molecule has 7 heteroatoms. The van der Waals surface area contributed by atoms with Gasteiger partial charge in [-0.25, -0.2) is 4.98 Å². The Balaban J connectivity index is 0.000000247. The monoisotopic (exact) mass is 967 g/mol. The Morgan fingerprint density at radius 1 is 0.678 bits per heavy atom. The van der Waals surface area contributed by atoms with Crippen LogP contribution in [0.25, 0.3) is 72.6 Å². The van der Waals surface area contributed by atoms with Crippen LogP contribution in [0, 0.1) is 26.0 Å². The van der Waals surface area contributed by atoms with Gasteiger partial charge in [0.05, 0.1) is 25.0 Å². The summed E-state index contributed by atoms with van der Waals surface area (Å²) in [6.45, 7) is 20.4. The average Bonchev–Trinajstić information content (AvgIpc) is 3.80. The van der Waals surface area contributed by atoms with Gasteiger partial charge in [0.1, 0.15) is 5.58 Å². The van der Waals surface area contributed by atoms with Crippen LogP contribution >= 0.6 is 0 Å². The number of benzene rings is 5. The van der Waals surface area contributed by atoms with E-state index in [0.29, 0.717) is 0 Å². The Labute approximate surface area is 363 Å². The molecule has 299 valence electrons. The number of aryl methyl sites for hydroxylation is 2. The van der Waals surface area contributed by atoms with Gasteiger partial charge in [0.2, 0.25) is 0 Å². The summed E-state index contributed by atoms with van der Waals surface area (Å²) in [4.78, 5) is 14.8. The maximum absolute atomic E-state index is 6.48. The Hall–Kier alpha value is -5.46. The van der Waals surface area contributed by atoms with Crippen molar-refractivity contribution in [2.24, 2.45) is 0 Å². The number of hydrogen-bond acceptors (Lipinski definition) is 4. The van der Waals surface area contributed by atoms with E-state index in [1.165, 1.54) is 33.0 Å². The van der Waals surface area contributed by atoms with E-state index in [1.54, 1.807) is 0 Å². The first-order valence-electron chi connectivity index (χ1n) is 20.2. The molecule has 9 aromatic rings. The fourth-order valence-electron chi connectivity index (χ4n) is 7.99. The van der Waals surface area contributed by atoms with Crippen LogP contribution in [0.1, 0.15) is 61.8 Å². The largest absolute Gasteiger partial charge is 0.501 e. The maximum atomic E-state index is 6.48. The van der Waals surface area contributed by atoms with Crippen LogP contribution in [0.5, 0.6) is 0 Å². The number of aromatic nitrogens is 4. The topological polar surface area (TPSA) is 56.7 Å². The van der Waals surface area contributed by atoms with Crippen LogP contribution in [-0.4, -0.2) is 27.6 Å². The van der Waals surface area contributed by atoms with Gasteiger partial charge in [0, 0.05) is 43.6 Å². The fraction of sp³-hybridized carbons (Fsp3) is 0.212. The molecular formula is C52H50IrN4OSi-2. The minimum atomic E-state index is -1.27. The molecule has 4 aromatic heterocycles. The molecule has 0 saturated carbocycles. The van der Waals surface area contributed by atoms with E-state index in [0.717, 1.165) is 67.0 Å². The SMILES string of the molecule is Cc1cc(-c2[c-]cccc2)ncc1[Si](C)(C)C.Cc1ccnc2c1nc(-c1[c-]ccc3c1oc1ccccc13)n2-c1c(C(C)C)cc(-c2ccccc2)cc1C(C)C.[Ir]. The predicted molar refractivity (Wildman–Crippen MR) is 245 cm³/mol. The summed E-state index contributed by atoms with van der Waals surface area (Å²) in [5.74, 6) is 1.34. The molecule has 0 saturated heterocycles. The summed E-state index contributed by atoms with van der Waals surface area (Å²) in [5, 5.41) is 3.59. The third-order valence-electron chi connectivity index (χ3n) is 11.0. The van der Waals surface area contributed by atoms with Gasteiger partial charge in [-0.05, 0) is 88.6 Å². The van der Waals surface area contributed by atoms with Crippen molar-refractivity contribution in [3.05, 3.63) is 162 Å². The molecule has 5 aromatic carbocycles. The van der Waals surface area contributed by atoms with Crippen molar-refractivity contribution in [1.82, 2.24) is 19.5 Å². The summed E-state index contributed by atoms with van der Waals surface area (Å²) in [6, 6.07) is 46.5. The van der Waals surface area contributed by atoms with Gasteiger partial charge in [0.15, 0.2) is 5.65 Å². The molecule has 1 radical (unpaired) electrons. The molecule has 5 nitrogen and oxygen atoms in total. The maximum Gasteiger partial charge on any atom is 0.155 e. The Morgan fingerprint density at radius 2 is 1.37 bits per heavy atom. The van der Waals surface area contributed by atoms with Gasteiger partial charge in [-0.1, -0.05) is 118 Å². The van der Waals surface area contributed by atoms with Crippen molar-refractivity contribution in [3.63, 3.8) is 0 Å². The molecule has 0 aliphatic rings. The molecule has 0 atom stereocenters. The molecule has 0 unspecified atom stereocenters. The summed E-state index contributed by atoms with van der Waals surface area (Å²) in [7, 11) is -1.27. The first-order valence-corrected chi connectivity index (χ1v) is 23.7. The second kappa shape index (κ2) is 17.0. The van der Waals surface area contributed by atoms with E-state index < -0.39 is 8.07 Å². The van der Waals surface area contributed by atoms with Gasteiger partial charge < -0.3 is 14.0 Å². The van der Waals surface area contributed by atoms with Crippen molar-refractivity contribution in [1.29, 1.82) is 0 Å². The van der Waals surface area contributed by atoms with Gasteiger partial charge in [-0.2, -0.15) is 0 Å². The number of nitrogens with zero attached hydrogens (tertiary/aromatic N) is 4. The normalized spacial score (nSPS) is 11.6. The molecule has 0 fully saturated rings. The van der Waals surface area contributed by atoms with Crippen molar-refractivity contribution in [2.45, 2.75) is 73.0 Å². The molecule has 0 aliphatic carbocycles. The summed E-state index contributed by atoms with van der Waals surface area (Å²) >= 11 is 0. The standard InChI is InChI=1S/C37H32N3O.C15H18NSi.Ir/c1-22(2)30-20-26(25-12-7-6-8-13-25)21-31(23(3)4)34(30)40-36(39-33-24(5)18-19-38-37(33)40)29-16-11-15-28-27-14-9-10-17-32(27)41-35(28)29;1-12-10-14(13-8-6-5-7-9-13)16-11-15(12)17(2,3)4;/h6-15,17-23H,1-5H3;5-8,10-11H,1-4H3;/q2*-1;. The minimum absolute atomic E-state index is 0. The third-order valence-corrected chi connectivity index (χ3v) is 13.1. The van der Waals surface area contributed by atoms with Gasteiger partial charge in [-0.15, -0.1) is 54.1 Å². The number of furan rings is 1. The number of hydrogen-bond donors (Lipinski definition) is 0. The van der Waals surface area contributed by atoms with Crippen molar-refractivity contribution in [2.75, 3.05) is 0 Å².